The standard InChI is InChI=1S/C25H23N3O4/c29-10-8-23(30)28-9-7-17-20(13-28)26-19(11-15-5-6-21-22(12-15)32-14-31-21)25-24(17)16-3-1-2-4-18(16)27-25/h1-6,12,27,29H,7-11,13-14H2. The maximum Gasteiger partial charge on any atom is 0.231 e. The fourth-order valence-electron chi connectivity index (χ4n) is 4.85. The Bertz CT molecular complexity index is 1360. The highest BCUT2D eigenvalue weighted by Crippen LogP contribution is 2.37. The predicted octanol–water partition coefficient (Wildman–Crippen LogP) is 3.30. The molecule has 1 amide bonds. The Hall–Kier alpha value is -3.58. The van der Waals surface area contributed by atoms with E-state index in [1.54, 1.807) is 4.90 Å². The van der Waals surface area contributed by atoms with Crippen molar-refractivity contribution in [2.45, 2.75) is 25.8 Å². The lowest BCUT2D eigenvalue weighted by atomic mass is 9.96. The van der Waals surface area contributed by atoms with Gasteiger partial charge in [-0.05, 0) is 35.7 Å². The zero-order valence-corrected chi connectivity index (χ0v) is 17.6. The quantitative estimate of drug-likeness (QED) is 0.520. The molecule has 2 aliphatic rings. The van der Waals surface area contributed by atoms with Crippen LogP contribution in [0.3, 0.4) is 0 Å². The van der Waals surface area contributed by atoms with Crippen LogP contribution in [0.25, 0.3) is 21.8 Å². The van der Waals surface area contributed by atoms with E-state index in [0.717, 1.165) is 45.9 Å². The number of hydrogen-bond donors (Lipinski definition) is 2. The SMILES string of the molecule is O=C(CCO)N1CCc2c(nc(Cc3ccc4c(c3)OCO4)c3[nH]c4ccccc4c23)C1. The van der Waals surface area contributed by atoms with Crippen molar-refractivity contribution in [2.75, 3.05) is 19.9 Å². The van der Waals surface area contributed by atoms with E-state index in [2.05, 4.69) is 23.2 Å². The Labute approximate surface area is 184 Å². The summed E-state index contributed by atoms with van der Waals surface area (Å²) >= 11 is 0. The van der Waals surface area contributed by atoms with Crippen LogP contribution in [0, 0.1) is 0 Å². The molecule has 2 N–H and O–H groups in total. The van der Waals surface area contributed by atoms with Crippen LogP contribution in [0.4, 0.5) is 0 Å². The number of para-hydroxylation sites is 1. The lowest BCUT2D eigenvalue weighted by Gasteiger charge is -2.29. The van der Waals surface area contributed by atoms with E-state index in [1.165, 1.54) is 16.3 Å². The molecule has 7 heteroatoms. The molecule has 6 rings (SSSR count). The summed E-state index contributed by atoms with van der Waals surface area (Å²) < 4.78 is 11.0. The van der Waals surface area contributed by atoms with Crippen molar-refractivity contribution in [3.63, 3.8) is 0 Å². The first-order valence-electron chi connectivity index (χ1n) is 10.9. The average Bonchev–Trinajstić information content (AvgIpc) is 3.43. The Morgan fingerprint density at radius 1 is 1.16 bits per heavy atom. The summed E-state index contributed by atoms with van der Waals surface area (Å²) in [6.45, 7) is 1.23. The van der Waals surface area contributed by atoms with Gasteiger partial charge < -0.3 is 24.5 Å². The third-order valence-corrected chi connectivity index (χ3v) is 6.37. The number of pyridine rings is 1. The molecule has 0 spiro atoms. The Kier molecular flexibility index (Phi) is 4.50. The second-order valence-electron chi connectivity index (χ2n) is 8.31. The largest absolute Gasteiger partial charge is 0.454 e. The first-order valence-corrected chi connectivity index (χ1v) is 10.9. The second kappa shape index (κ2) is 7.53. The number of nitrogens with one attached hydrogen (secondary N) is 1. The number of aromatic amines is 1. The van der Waals surface area contributed by atoms with Crippen molar-refractivity contribution in [1.29, 1.82) is 0 Å². The number of fused-ring (bicyclic) bond motifs is 6. The third-order valence-electron chi connectivity index (χ3n) is 6.37. The first kappa shape index (κ1) is 19.1. The van der Waals surface area contributed by atoms with Gasteiger partial charge in [-0.2, -0.15) is 0 Å². The van der Waals surface area contributed by atoms with Crippen molar-refractivity contribution < 1.29 is 19.4 Å². The van der Waals surface area contributed by atoms with Gasteiger partial charge in [0, 0.05) is 35.7 Å². The third kappa shape index (κ3) is 3.08. The van der Waals surface area contributed by atoms with E-state index < -0.39 is 0 Å². The lowest BCUT2D eigenvalue weighted by molar-refractivity contribution is -0.132. The second-order valence-corrected chi connectivity index (χ2v) is 8.31. The zero-order valence-electron chi connectivity index (χ0n) is 17.6. The van der Waals surface area contributed by atoms with Gasteiger partial charge in [-0.25, -0.2) is 0 Å². The Morgan fingerprint density at radius 3 is 2.94 bits per heavy atom. The fraction of sp³-hybridized carbons (Fsp3) is 0.280. The van der Waals surface area contributed by atoms with Gasteiger partial charge in [0.2, 0.25) is 12.7 Å². The number of aliphatic hydroxyl groups is 1. The highest BCUT2D eigenvalue weighted by molar-refractivity contribution is 6.10. The number of nitrogens with zero attached hydrogens (tertiary/aromatic N) is 2. The van der Waals surface area contributed by atoms with Gasteiger partial charge in [-0.1, -0.05) is 24.3 Å². The molecular weight excluding hydrogens is 406 g/mol. The minimum absolute atomic E-state index is 0.0312. The molecule has 0 unspecified atom stereocenters. The summed E-state index contributed by atoms with van der Waals surface area (Å²) in [5.74, 6) is 1.49. The summed E-state index contributed by atoms with van der Waals surface area (Å²) in [5, 5.41) is 11.6. The molecule has 0 aliphatic carbocycles. The predicted molar refractivity (Wildman–Crippen MR) is 120 cm³/mol. The maximum atomic E-state index is 12.4. The fourth-order valence-corrected chi connectivity index (χ4v) is 4.85. The minimum atomic E-state index is -0.132. The highest BCUT2D eigenvalue weighted by Gasteiger charge is 2.26. The number of H-pyrrole nitrogens is 1. The molecular formula is C25H23N3O4. The monoisotopic (exact) mass is 429 g/mol. The van der Waals surface area contributed by atoms with Gasteiger partial charge in [0.1, 0.15) is 0 Å². The molecule has 162 valence electrons. The van der Waals surface area contributed by atoms with Crippen molar-refractivity contribution in [1.82, 2.24) is 14.9 Å². The van der Waals surface area contributed by atoms with E-state index in [9.17, 15) is 9.90 Å². The molecule has 0 saturated heterocycles. The van der Waals surface area contributed by atoms with Crippen molar-refractivity contribution in [3.8, 4) is 11.5 Å². The minimum Gasteiger partial charge on any atom is -0.454 e. The molecule has 7 nitrogen and oxygen atoms in total. The highest BCUT2D eigenvalue weighted by atomic mass is 16.7. The summed E-state index contributed by atoms with van der Waals surface area (Å²) in [6, 6.07) is 14.3. The van der Waals surface area contributed by atoms with Gasteiger partial charge >= 0.3 is 0 Å². The molecule has 0 atom stereocenters. The van der Waals surface area contributed by atoms with E-state index in [4.69, 9.17) is 14.5 Å². The number of ether oxygens (including phenoxy) is 2. The molecule has 4 aromatic rings. The van der Waals surface area contributed by atoms with Crippen molar-refractivity contribution >= 4 is 27.7 Å². The smallest absolute Gasteiger partial charge is 0.231 e. The number of benzene rings is 2. The van der Waals surface area contributed by atoms with Crippen LogP contribution in [-0.4, -0.2) is 45.8 Å². The van der Waals surface area contributed by atoms with Gasteiger partial charge in [0.25, 0.3) is 0 Å². The van der Waals surface area contributed by atoms with Crippen molar-refractivity contribution in [3.05, 3.63) is 65.0 Å². The number of aromatic nitrogens is 2. The van der Waals surface area contributed by atoms with Crippen molar-refractivity contribution in [2.24, 2.45) is 0 Å². The molecule has 4 heterocycles. The van der Waals surface area contributed by atoms with Crippen LogP contribution in [0.2, 0.25) is 0 Å². The van der Waals surface area contributed by atoms with Gasteiger partial charge in [0.05, 0.1) is 30.1 Å². The molecule has 2 aliphatic heterocycles. The van der Waals surface area contributed by atoms with E-state index >= 15 is 0 Å². The molecule has 0 bridgehead atoms. The molecule has 2 aromatic heterocycles. The Balaban J connectivity index is 1.48. The van der Waals surface area contributed by atoms with Crippen LogP contribution < -0.4 is 9.47 Å². The number of carbonyl (C=O) groups excluding carboxylic acids is 1. The van der Waals surface area contributed by atoms with Crippen LogP contribution in [0.1, 0.15) is 28.9 Å². The topological polar surface area (TPSA) is 87.7 Å². The number of aliphatic hydroxyl groups excluding tert-OH is 1. The first-order chi connectivity index (χ1) is 15.7. The van der Waals surface area contributed by atoms with Crippen LogP contribution in [0.15, 0.2) is 42.5 Å². The number of rotatable bonds is 4. The summed E-state index contributed by atoms with van der Waals surface area (Å²) in [7, 11) is 0. The number of hydrogen-bond acceptors (Lipinski definition) is 5. The molecule has 0 radical (unpaired) electrons. The lowest BCUT2D eigenvalue weighted by Crippen LogP contribution is -2.37. The molecule has 2 aromatic carbocycles. The van der Waals surface area contributed by atoms with Gasteiger partial charge in [-0.3, -0.25) is 9.78 Å². The number of carbonyl (C=O) groups is 1. The van der Waals surface area contributed by atoms with Crippen LogP contribution >= 0.6 is 0 Å². The average molecular weight is 429 g/mol. The van der Waals surface area contributed by atoms with Gasteiger partial charge in [-0.15, -0.1) is 0 Å². The summed E-state index contributed by atoms with van der Waals surface area (Å²) in [5.41, 5.74) is 6.33. The summed E-state index contributed by atoms with van der Waals surface area (Å²) in [6.07, 6.45) is 1.54. The zero-order chi connectivity index (χ0) is 21.7. The number of amides is 1. The maximum absolute atomic E-state index is 12.4. The molecule has 0 saturated carbocycles. The normalized spacial score (nSPS) is 14.8. The van der Waals surface area contributed by atoms with Gasteiger partial charge in [0.15, 0.2) is 11.5 Å². The molecule has 32 heavy (non-hydrogen) atoms. The van der Waals surface area contributed by atoms with E-state index in [-0.39, 0.29) is 25.7 Å². The van der Waals surface area contributed by atoms with Crippen LogP contribution in [-0.2, 0) is 24.2 Å². The summed E-state index contributed by atoms with van der Waals surface area (Å²) in [4.78, 5) is 22.9. The van der Waals surface area contributed by atoms with E-state index in [1.807, 2.05) is 24.3 Å². The Morgan fingerprint density at radius 2 is 2.03 bits per heavy atom. The molecule has 0 fully saturated rings. The van der Waals surface area contributed by atoms with E-state index in [0.29, 0.717) is 19.5 Å². The van der Waals surface area contributed by atoms with Crippen LogP contribution in [0.5, 0.6) is 11.5 Å².